The van der Waals surface area contributed by atoms with Gasteiger partial charge in [0.15, 0.2) is 9.84 Å². The van der Waals surface area contributed by atoms with Crippen molar-refractivity contribution in [2.75, 3.05) is 24.6 Å². The summed E-state index contributed by atoms with van der Waals surface area (Å²) in [6.07, 6.45) is 3.00. The topological polar surface area (TPSA) is 75.3 Å². The smallest absolute Gasteiger partial charge is 0.237 e. The van der Waals surface area contributed by atoms with Gasteiger partial charge in [-0.2, -0.15) is 0 Å². The van der Waals surface area contributed by atoms with Crippen molar-refractivity contribution in [2.45, 2.75) is 32.2 Å². The van der Waals surface area contributed by atoms with Crippen molar-refractivity contribution in [3.63, 3.8) is 0 Å². The third-order valence-electron chi connectivity index (χ3n) is 2.78. The summed E-state index contributed by atoms with van der Waals surface area (Å²) in [5.41, 5.74) is 0. The van der Waals surface area contributed by atoms with Crippen LogP contribution in [0.2, 0.25) is 0 Å². The van der Waals surface area contributed by atoms with Gasteiger partial charge in [0.05, 0.1) is 11.8 Å². The van der Waals surface area contributed by atoms with Gasteiger partial charge < -0.3 is 10.6 Å². The monoisotopic (exact) mass is 284 g/mol. The molecule has 1 fully saturated rings. The highest BCUT2D eigenvalue weighted by Crippen LogP contribution is 2.06. The van der Waals surface area contributed by atoms with E-state index in [0.717, 1.165) is 25.8 Å². The maximum Gasteiger partial charge on any atom is 0.237 e. The molecule has 0 aliphatic carbocycles. The van der Waals surface area contributed by atoms with Crippen molar-refractivity contribution in [1.82, 2.24) is 10.6 Å². The Morgan fingerprint density at radius 1 is 1.41 bits per heavy atom. The zero-order valence-electron chi connectivity index (χ0n) is 10.1. The molecule has 1 saturated heterocycles. The van der Waals surface area contributed by atoms with E-state index in [0.29, 0.717) is 0 Å². The van der Waals surface area contributed by atoms with Crippen molar-refractivity contribution < 1.29 is 13.2 Å². The molecule has 0 aromatic carbocycles. The van der Waals surface area contributed by atoms with Gasteiger partial charge in [-0.3, -0.25) is 4.79 Å². The summed E-state index contributed by atoms with van der Waals surface area (Å²) in [6, 6.07) is -0.141. The lowest BCUT2D eigenvalue weighted by atomic mass is 10.0. The number of hydrogen-bond acceptors (Lipinski definition) is 4. The second-order valence-corrected chi connectivity index (χ2v) is 6.50. The van der Waals surface area contributed by atoms with Crippen LogP contribution in [0, 0.1) is 0 Å². The second-order valence-electron chi connectivity index (χ2n) is 4.03. The standard InChI is InChI=1S/C10H20N2O3S.ClH/c1-2-16(14,15)8-7-12-10(13)9-5-3-4-6-11-9;/h9,11H,2-8H2,1H3,(H,12,13);1H/t9-;/m0./s1. The first kappa shape index (κ1) is 16.7. The fourth-order valence-corrected chi connectivity index (χ4v) is 2.37. The van der Waals surface area contributed by atoms with Crippen LogP contribution in [0.5, 0.6) is 0 Å². The van der Waals surface area contributed by atoms with Gasteiger partial charge >= 0.3 is 0 Å². The van der Waals surface area contributed by atoms with E-state index in [-0.39, 0.29) is 42.4 Å². The summed E-state index contributed by atoms with van der Waals surface area (Å²) < 4.78 is 22.4. The first-order chi connectivity index (χ1) is 7.55. The predicted molar refractivity (Wildman–Crippen MR) is 70.2 cm³/mol. The maximum atomic E-state index is 11.6. The van der Waals surface area contributed by atoms with E-state index >= 15 is 0 Å². The SMILES string of the molecule is CCS(=O)(=O)CCNC(=O)[C@@H]1CCCCN1.Cl. The molecule has 17 heavy (non-hydrogen) atoms. The number of carbonyl (C=O) groups is 1. The lowest BCUT2D eigenvalue weighted by Crippen LogP contribution is -2.47. The first-order valence-electron chi connectivity index (χ1n) is 5.76. The average Bonchev–Trinajstić information content (AvgIpc) is 2.30. The molecule has 0 aromatic rings. The number of piperidine rings is 1. The molecule has 5 nitrogen and oxygen atoms in total. The molecule has 1 amide bonds. The third-order valence-corrected chi connectivity index (χ3v) is 4.48. The van der Waals surface area contributed by atoms with Gasteiger partial charge in [0.2, 0.25) is 5.91 Å². The molecule has 1 rings (SSSR count). The van der Waals surface area contributed by atoms with Crippen LogP contribution in [0.4, 0.5) is 0 Å². The number of rotatable bonds is 5. The van der Waals surface area contributed by atoms with Crippen molar-refractivity contribution in [2.24, 2.45) is 0 Å². The van der Waals surface area contributed by atoms with Gasteiger partial charge in [-0.05, 0) is 19.4 Å². The zero-order valence-corrected chi connectivity index (χ0v) is 11.7. The summed E-state index contributed by atoms with van der Waals surface area (Å²) in [7, 11) is -2.98. The largest absolute Gasteiger partial charge is 0.354 e. The van der Waals surface area contributed by atoms with Crippen LogP contribution in [0.1, 0.15) is 26.2 Å². The zero-order chi connectivity index (χ0) is 12.0. The van der Waals surface area contributed by atoms with Gasteiger partial charge in [-0.1, -0.05) is 13.3 Å². The minimum absolute atomic E-state index is 0. The molecule has 2 N–H and O–H groups in total. The van der Waals surface area contributed by atoms with Gasteiger partial charge in [0.25, 0.3) is 0 Å². The van der Waals surface area contributed by atoms with Gasteiger partial charge in [-0.25, -0.2) is 8.42 Å². The van der Waals surface area contributed by atoms with Gasteiger partial charge in [0.1, 0.15) is 0 Å². The highest BCUT2D eigenvalue weighted by molar-refractivity contribution is 7.91. The molecular weight excluding hydrogens is 264 g/mol. The Bertz CT molecular complexity index is 326. The second kappa shape index (κ2) is 7.89. The fraction of sp³-hybridized carbons (Fsp3) is 0.900. The Balaban J connectivity index is 0.00000256. The Morgan fingerprint density at radius 2 is 2.12 bits per heavy atom. The number of halogens is 1. The van der Waals surface area contributed by atoms with Crippen LogP contribution in [-0.4, -0.2) is 45.0 Å². The van der Waals surface area contributed by atoms with Crippen LogP contribution in [-0.2, 0) is 14.6 Å². The van der Waals surface area contributed by atoms with E-state index in [1.54, 1.807) is 6.92 Å². The summed E-state index contributed by atoms with van der Waals surface area (Å²) in [5.74, 6) is 0.0815. The van der Waals surface area contributed by atoms with E-state index in [2.05, 4.69) is 10.6 Å². The van der Waals surface area contributed by atoms with Crippen LogP contribution in [0.3, 0.4) is 0 Å². The molecule has 7 heteroatoms. The Hall–Kier alpha value is -0.330. The van der Waals surface area contributed by atoms with E-state index in [4.69, 9.17) is 0 Å². The fourth-order valence-electron chi connectivity index (χ4n) is 1.67. The molecule has 0 spiro atoms. The lowest BCUT2D eigenvalue weighted by molar-refractivity contribution is -0.123. The average molecular weight is 285 g/mol. The predicted octanol–water partition coefficient (Wildman–Crippen LogP) is 0.101. The Labute approximate surface area is 109 Å². The number of sulfone groups is 1. The summed E-state index contributed by atoms with van der Waals surface area (Å²) in [4.78, 5) is 11.6. The molecule has 0 radical (unpaired) electrons. The molecule has 0 saturated carbocycles. The highest BCUT2D eigenvalue weighted by Gasteiger charge is 2.20. The molecule has 102 valence electrons. The molecule has 1 aliphatic rings. The molecule has 1 aliphatic heterocycles. The number of hydrogen-bond donors (Lipinski definition) is 2. The number of carbonyl (C=O) groups excluding carboxylic acids is 1. The molecule has 1 heterocycles. The normalized spacial score (nSPS) is 20.4. The summed E-state index contributed by atoms with van der Waals surface area (Å²) in [6.45, 7) is 2.69. The molecule has 0 bridgehead atoms. The molecular formula is C10H21ClN2O3S. The van der Waals surface area contributed by atoms with Gasteiger partial charge in [-0.15, -0.1) is 12.4 Å². The van der Waals surface area contributed by atoms with E-state index in [1.165, 1.54) is 0 Å². The Kier molecular flexibility index (Phi) is 7.74. The molecule has 0 unspecified atom stereocenters. The van der Waals surface area contributed by atoms with Gasteiger partial charge in [0, 0.05) is 12.3 Å². The summed E-state index contributed by atoms with van der Waals surface area (Å²) >= 11 is 0. The quantitative estimate of drug-likeness (QED) is 0.751. The lowest BCUT2D eigenvalue weighted by Gasteiger charge is -2.22. The van der Waals surface area contributed by atoms with Crippen LogP contribution < -0.4 is 10.6 Å². The van der Waals surface area contributed by atoms with Crippen molar-refractivity contribution in [3.8, 4) is 0 Å². The van der Waals surface area contributed by atoms with E-state index in [9.17, 15) is 13.2 Å². The highest BCUT2D eigenvalue weighted by atomic mass is 35.5. The Morgan fingerprint density at radius 3 is 2.65 bits per heavy atom. The van der Waals surface area contributed by atoms with Crippen LogP contribution in [0.25, 0.3) is 0 Å². The van der Waals surface area contributed by atoms with Crippen LogP contribution in [0.15, 0.2) is 0 Å². The number of amides is 1. The van der Waals surface area contributed by atoms with E-state index in [1.807, 2.05) is 0 Å². The molecule has 1 atom stereocenters. The van der Waals surface area contributed by atoms with Crippen LogP contribution >= 0.6 is 12.4 Å². The van der Waals surface area contributed by atoms with E-state index < -0.39 is 9.84 Å². The van der Waals surface area contributed by atoms with Crippen molar-refractivity contribution in [3.05, 3.63) is 0 Å². The first-order valence-corrected chi connectivity index (χ1v) is 7.59. The maximum absolute atomic E-state index is 11.6. The van der Waals surface area contributed by atoms with Crippen molar-refractivity contribution in [1.29, 1.82) is 0 Å². The minimum atomic E-state index is -2.98. The summed E-state index contributed by atoms with van der Waals surface area (Å²) in [5, 5.41) is 5.78. The molecule has 0 aromatic heterocycles. The third kappa shape index (κ3) is 6.24. The number of nitrogens with one attached hydrogen (secondary N) is 2. The minimum Gasteiger partial charge on any atom is -0.354 e. The van der Waals surface area contributed by atoms with Crippen molar-refractivity contribution >= 4 is 28.2 Å².